The maximum Gasteiger partial charge on any atom is 0.160 e. The van der Waals surface area contributed by atoms with Gasteiger partial charge in [0.05, 0.1) is 33.6 Å². The van der Waals surface area contributed by atoms with Crippen LogP contribution in [0.25, 0.3) is 111 Å². The van der Waals surface area contributed by atoms with E-state index in [0.29, 0.717) is 5.82 Å². The lowest BCUT2D eigenvalue weighted by Crippen LogP contribution is -1.98. The lowest BCUT2D eigenvalue weighted by Gasteiger charge is -2.13. The Hall–Kier alpha value is -8.41. The van der Waals surface area contributed by atoms with Crippen LogP contribution >= 0.6 is 0 Å². The summed E-state index contributed by atoms with van der Waals surface area (Å²) in [6, 6.07) is 79.0. The molecule has 0 saturated carbocycles. The van der Waals surface area contributed by atoms with E-state index in [1.54, 1.807) is 0 Å². The van der Waals surface area contributed by atoms with E-state index in [0.717, 1.165) is 89.2 Å². The Morgan fingerprint density at radius 2 is 0.919 bits per heavy atom. The highest BCUT2D eigenvalue weighted by atomic mass is 15.2. The third-order valence-electron chi connectivity index (χ3n) is 11.9. The molecule has 62 heavy (non-hydrogen) atoms. The fourth-order valence-electron chi connectivity index (χ4n) is 9.05. The lowest BCUT2D eigenvalue weighted by atomic mass is 9.96. The van der Waals surface area contributed by atoms with E-state index in [2.05, 4.69) is 215 Å². The van der Waals surface area contributed by atoms with Crippen LogP contribution in [0, 0.1) is 0 Å². The summed E-state index contributed by atoms with van der Waals surface area (Å²) in [5, 5.41) is 10.1. The van der Waals surface area contributed by atoms with Gasteiger partial charge in [-0.05, 0) is 59.5 Å². The van der Waals surface area contributed by atoms with Gasteiger partial charge < -0.3 is 4.57 Å². The minimum atomic E-state index is 0.676. The van der Waals surface area contributed by atoms with Gasteiger partial charge in [0.2, 0.25) is 0 Å². The van der Waals surface area contributed by atoms with Crippen LogP contribution < -0.4 is 0 Å². The molecule has 0 aliphatic carbocycles. The Morgan fingerprint density at radius 1 is 0.355 bits per heavy atom. The van der Waals surface area contributed by atoms with Crippen LogP contribution in [0.3, 0.4) is 0 Å². The van der Waals surface area contributed by atoms with Gasteiger partial charge in [0, 0.05) is 55.2 Å². The second kappa shape index (κ2) is 14.7. The summed E-state index contributed by atoms with van der Waals surface area (Å²) in [6.07, 6.45) is 0. The van der Waals surface area contributed by atoms with Gasteiger partial charge in [-0.3, -0.25) is 0 Å². The van der Waals surface area contributed by atoms with E-state index in [1.165, 1.54) is 16.3 Å². The fraction of sp³-hybridized carbons (Fsp3) is 0. The van der Waals surface area contributed by atoms with Gasteiger partial charge in [-0.25, -0.2) is 14.5 Å². The Kier molecular flexibility index (Phi) is 8.42. The zero-order valence-corrected chi connectivity index (χ0v) is 33.6. The van der Waals surface area contributed by atoms with Crippen molar-refractivity contribution in [3.05, 3.63) is 224 Å². The molecule has 0 aliphatic rings. The molecule has 4 heterocycles. The number of rotatable bonds is 7. The van der Waals surface area contributed by atoms with E-state index >= 15 is 0 Å². The SMILES string of the molecule is c1ccc(-c2nc(-c3cccc(-c4cc5ccccc5c5c(-c6ccccc6)c(-c6ccccc6)nn45)c3)cc(-c3ccc4c(c3)c3ccccc3n4-c3ccccc3)n2)cc1. The molecular formula is C57H37N5. The van der Waals surface area contributed by atoms with Crippen LogP contribution in [0.1, 0.15) is 0 Å². The summed E-state index contributed by atoms with van der Waals surface area (Å²) in [6.45, 7) is 0. The Morgan fingerprint density at radius 3 is 1.66 bits per heavy atom. The summed E-state index contributed by atoms with van der Waals surface area (Å²) < 4.78 is 4.49. The molecule has 4 aromatic heterocycles. The van der Waals surface area contributed by atoms with Gasteiger partial charge >= 0.3 is 0 Å². The van der Waals surface area contributed by atoms with Crippen molar-refractivity contribution in [2.75, 3.05) is 0 Å². The van der Waals surface area contributed by atoms with Crippen molar-refractivity contribution < 1.29 is 0 Å². The fourth-order valence-corrected chi connectivity index (χ4v) is 9.05. The second-order valence-electron chi connectivity index (χ2n) is 15.7. The molecule has 0 radical (unpaired) electrons. The van der Waals surface area contributed by atoms with Crippen molar-refractivity contribution in [1.82, 2.24) is 24.1 Å². The van der Waals surface area contributed by atoms with E-state index in [9.17, 15) is 0 Å². The number of hydrogen-bond donors (Lipinski definition) is 0. The highest BCUT2D eigenvalue weighted by molar-refractivity contribution is 6.11. The summed E-state index contributed by atoms with van der Waals surface area (Å²) in [4.78, 5) is 10.5. The summed E-state index contributed by atoms with van der Waals surface area (Å²) >= 11 is 0. The molecule has 12 rings (SSSR count). The van der Waals surface area contributed by atoms with Crippen LogP contribution in [0.5, 0.6) is 0 Å². The maximum absolute atomic E-state index is 5.45. The van der Waals surface area contributed by atoms with Gasteiger partial charge in [-0.2, -0.15) is 5.10 Å². The molecule has 0 bridgehead atoms. The van der Waals surface area contributed by atoms with E-state index in [1.807, 2.05) is 18.2 Å². The van der Waals surface area contributed by atoms with Crippen molar-refractivity contribution in [3.8, 4) is 73.2 Å². The van der Waals surface area contributed by atoms with E-state index in [4.69, 9.17) is 15.1 Å². The zero-order valence-electron chi connectivity index (χ0n) is 33.6. The summed E-state index contributed by atoms with van der Waals surface area (Å²) in [7, 11) is 0. The molecular weight excluding hydrogens is 755 g/mol. The standard InChI is InChI=1S/C57H37N5/c1-5-18-38(19-6-1)54-55(39-20-7-2-8-21-39)60-62-53(36-41-24-13-14-29-46(41)56(54)62)44-26-17-25-42(34-44)49-37-50(59-57(58-49)40-22-9-3-10-23-40)43-32-33-52-48(35-43)47-30-15-16-31-51(47)61(52)45-27-11-4-12-28-45/h1-37H. The van der Waals surface area contributed by atoms with E-state index in [-0.39, 0.29) is 0 Å². The first-order chi connectivity index (χ1) is 30.7. The Bertz CT molecular complexity index is 3610. The van der Waals surface area contributed by atoms with Gasteiger partial charge in [0.15, 0.2) is 5.82 Å². The molecule has 12 aromatic rings. The number of aromatic nitrogens is 5. The van der Waals surface area contributed by atoms with Crippen molar-refractivity contribution in [2.24, 2.45) is 0 Å². The molecule has 5 heteroatoms. The average molecular weight is 792 g/mol. The zero-order chi connectivity index (χ0) is 41.0. The predicted octanol–water partition coefficient (Wildman–Crippen LogP) is 14.4. The minimum Gasteiger partial charge on any atom is -0.309 e. The number of pyridine rings is 1. The summed E-state index contributed by atoms with van der Waals surface area (Å²) in [5.74, 6) is 0.676. The van der Waals surface area contributed by atoms with Crippen LogP contribution in [-0.2, 0) is 0 Å². The molecule has 0 spiro atoms. The quantitative estimate of drug-likeness (QED) is 0.162. The number of fused-ring (bicyclic) bond motifs is 6. The molecule has 0 atom stereocenters. The Balaban J connectivity index is 1.06. The predicted molar refractivity (Wildman–Crippen MR) is 255 cm³/mol. The van der Waals surface area contributed by atoms with Crippen molar-refractivity contribution in [2.45, 2.75) is 0 Å². The highest BCUT2D eigenvalue weighted by Crippen LogP contribution is 2.42. The first-order valence-corrected chi connectivity index (χ1v) is 20.9. The maximum atomic E-state index is 5.45. The summed E-state index contributed by atoms with van der Waals surface area (Å²) in [5.41, 5.74) is 15.5. The Labute approximate surface area is 358 Å². The molecule has 8 aromatic carbocycles. The van der Waals surface area contributed by atoms with Gasteiger partial charge in [-0.15, -0.1) is 0 Å². The molecule has 290 valence electrons. The van der Waals surface area contributed by atoms with Crippen molar-refractivity contribution >= 4 is 38.1 Å². The largest absolute Gasteiger partial charge is 0.309 e. The smallest absolute Gasteiger partial charge is 0.160 e. The molecule has 0 aliphatic heterocycles. The monoisotopic (exact) mass is 791 g/mol. The minimum absolute atomic E-state index is 0.676. The van der Waals surface area contributed by atoms with Crippen molar-refractivity contribution in [3.63, 3.8) is 0 Å². The normalized spacial score (nSPS) is 11.5. The number of nitrogens with zero attached hydrogens (tertiary/aromatic N) is 5. The van der Waals surface area contributed by atoms with Gasteiger partial charge in [0.25, 0.3) is 0 Å². The van der Waals surface area contributed by atoms with Gasteiger partial charge in [0.1, 0.15) is 5.69 Å². The second-order valence-corrected chi connectivity index (χ2v) is 15.7. The van der Waals surface area contributed by atoms with E-state index < -0.39 is 0 Å². The average Bonchev–Trinajstić information content (AvgIpc) is 3.92. The number of benzene rings is 8. The highest BCUT2D eigenvalue weighted by Gasteiger charge is 2.22. The van der Waals surface area contributed by atoms with Crippen molar-refractivity contribution in [1.29, 1.82) is 0 Å². The first kappa shape index (κ1) is 35.5. The molecule has 0 saturated heterocycles. The van der Waals surface area contributed by atoms with Crippen LogP contribution in [0.15, 0.2) is 224 Å². The molecule has 0 N–H and O–H groups in total. The number of hydrogen-bond acceptors (Lipinski definition) is 3. The molecule has 0 fully saturated rings. The van der Waals surface area contributed by atoms with Crippen LogP contribution in [-0.4, -0.2) is 24.1 Å². The number of para-hydroxylation sites is 2. The molecule has 5 nitrogen and oxygen atoms in total. The molecule has 0 amide bonds. The van der Waals surface area contributed by atoms with Gasteiger partial charge in [-0.1, -0.05) is 176 Å². The molecule has 0 unspecified atom stereocenters. The first-order valence-electron chi connectivity index (χ1n) is 20.9. The third kappa shape index (κ3) is 5.98. The van der Waals surface area contributed by atoms with Crippen LogP contribution in [0.2, 0.25) is 0 Å². The third-order valence-corrected chi connectivity index (χ3v) is 11.9. The lowest BCUT2D eigenvalue weighted by molar-refractivity contribution is 0.979. The topological polar surface area (TPSA) is 48.0 Å². The van der Waals surface area contributed by atoms with Crippen LogP contribution in [0.4, 0.5) is 0 Å².